The smallest absolute Gasteiger partial charge is 0.337 e. The fourth-order valence-corrected chi connectivity index (χ4v) is 0.994. The van der Waals surface area contributed by atoms with E-state index in [0.29, 0.717) is 12.1 Å². The summed E-state index contributed by atoms with van der Waals surface area (Å²) in [6.07, 6.45) is -2.11. The van der Waals surface area contributed by atoms with Crippen molar-refractivity contribution >= 4 is 5.97 Å². The Kier molecular flexibility index (Phi) is 2.97. The number of aliphatic carboxylic acids is 1. The second-order valence-corrected chi connectivity index (χ2v) is 2.71. The highest BCUT2D eigenvalue weighted by molar-refractivity contribution is 5.74. The number of aliphatic hydroxyl groups is 1. The van der Waals surface area contributed by atoms with Crippen molar-refractivity contribution in [1.82, 2.24) is 0 Å². The van der Waals surface area contributed by atoms with Crippen LogP contribution in [0.2, 0.25) is 0 Å². The van der Waals surface area contributed by atoms with Crippen molar-refractivity contribution in [3.05, 3.63) is 34.9 Å². The lowest BCUT2D eigenvalue weighted by atomic mass is 10.1. The molecule has 0 saturated carbocycles. The highest BCUT2D eigenvalue weighted by Gasteiger charge is 2.22. The van der Waals surface area contributed by atoms with Gasteiger partial charge >= 0.3 is 5.97 Å². The molecule has 15 heavy (non-hydrogen) atoms. The summed E-state index contributed by atoms with van der Waals surface area (Å²) < 4.78 is 25.8. The molecule has 78 valence electrons. The minimum absolute atomic E-state index is 0.361. The van der Waals surface area contributed by atoms with Crippen LogP contribution in [0.25, 0.3) is 0 Å². The molecule has 0 aliphatic heterocycles. The van der Waals surface area contributed by atoms with Gasteiger partial charge in [0, 0.05) is 11.6 Å². The van der Waals surface area contributed by atoms with Gasteiger partial charge in [-0.3, -0.25) is 0 Å². The van der Waals surface area contributed by atoms with Crippen LogP contribution in [0, 0.1) is 23.0 Å². The van der Waals surface area contributed by atoms with E-state index in [1.807, 2.05) is 0 Å². The van der Waals surface area contributed by atoms with E-state index >= 15 is 0 Å². The number of hydrogen-bond acceptors (Lipinski definition) is 3. The van der Waals surface area contributed by atoms with Crippen molar-refractivity contribution in [2.45, 2.75) is 6.10 Å². The van der Waals surface area contributed by atoms with E-state index in [9.17, 15) is 13.6 Å². The second kappa shape index (κ2) is 4.02. The summed E-state index contributed by atoms with van der Waals surface area (Å²) in [5, 5.41) is 25.8. The maximum absolute atomic E-state index is 13.0. The van der Waals surface area contributed by atoms with Crippen molar-refractivity contribution in [3.8, 4) is 6.07 Å². The zero-order valence-electron chi connectivity index (χ0n) is 7.24. The number of carboxylic acids is 1. The summed E-state index contributed by atoms with van der Waals surface area (Å²) in [6.45, 7) is 0. The lowest BCUT2D eigenvalue weighted by Crippen LogP contribution is -2.13. The molecule has 0 radical (unpaired) electrons. The summed E-state index contributed by atoms with van der Waals surface area (Å²) in [5.41, 5.74) is -1.16. The van der Waals surface area contributed by atoms with Gasteiger partial charge in [-0.2, -0.15) is 5.26 Å². The van der Waals surface area contributed by atoms with Gasteiger partial charge < -0.3 is 10.2 Å². The number of halogens is 2. The van der Waals surface area contributed by atoms with Crippen LogP contribution >= 0.6 is 0 Å². The van der Waals surface area contributed by atoms with Crippen molar-refractivity contribution in [2.24, 2.45) is 0 Å². The van der Waals surface area contributed by atoms with Crippen molar-refractivity contribution in [1.29, 1.82) is 5.26 Å². The van der Waals surface area contributed by atoms with Gasteiger partial charge in [0.2, 0.25) is 0 Å². The Morgan fingerprint density at radius 1 is 1.40 bits per heavy atom. The van der Waals surface area contributed by atoms with Gasteiger partial charge in [0.25, 0.3) is 0 Å². The first-order valence-corrected chi connectivity index (χ1v) is 3.77. The van der Waals surface area contributed by atoms with E-state index in [1.54, 1.807) is 0 Å². The summed E-state index contributed by atoms with van der Waals surface area (Å²) in [6, 6.07) is 2.44. The lowest BCUT2D eigenvalue weighted by molar-refractivity contribution is -0.147. The number of rotatable bonds is 2. The monoisotopic (exact) mass is 213 g/mol. The molecule has 1 rings (SSSR count). The second-order valence-electron chi connectivity index (χ2n) is 2.71. The molecule has 0 heterocycles. The Balaban J connectivity index is 3.32. The number of carbonyl (C=O) groups is 1. The molecule has 0 bridgehead atoms. The van der Waals surface area contributed by atoms with Crippen LogP contribution in [-0.4, -0.2) is 16.2 Å². The Morgan fingerprint density at radius 2 is 2.00 bits per heavy atom. The zero-order chi connectivity index (χ0) is 11.6. The molecule has 0 spiro atoms. The molecule has 0 aliphatic carbocycles. The van der Waals surface area contributed by atoms with Crippen LogP contribution in [0.15, 0.2) is 12.1 Å². The molecule has 1 aromatic carbocycles. The van der Waals surface area contributed by atoms with Crippen LogP contribution in [0.1, 0.15) is 17.2 Å². The molecule has 0 aliphatic rings. The van der Waals surface area contributed by atoms with Gasteiger partial charge in [-0.15, -0.1) is 0 Å². The van der Waals surface area contributed by atoms with E-state index in [4.69, 9.17) is 15.5 Å². The van der Waals surface area contributed by atoms with Gasteiger partial charge in [-0.1, -0.05) is 0 Å². The molecular formula is C9H5F2NO3. The standard InChI is InChI=1S/C9H5F2NO3/c10-6-2-7(11)5(1-4(6)3-12)8(13)9(14)15/h1-2,8,13H,(H,14,15). The van der Waals surface area contributed by atoms with E-state index < -0.39 is 34.8 Å². The third-order valence-electron chi connectivity index (χ3n) is 1.74. The Morgan fingerprint density at radius 3 is 2.47 bits per heavy atom. The Labute approximate surface area is 83.0 Å². The number of hydrogen-bond donors (Lipinski definition) is 2. The highest BCUT2D eigenvalue weighted by atomic mass is 19.1. The topological polar surface area (TPSA) is 81.3 Å². The zero-order valence-corrected chi connectivity index (χ0v) is 7.24. The van der Waals surface area contributed by atoms with Crippen LogP contribution in [0.5, 0.6) is 0 Å². The summed E-state index contributed by atoms with van der Waals surface area (Å²) in [5.74, 6) is -3.98. The van der Waals surface area contributed by atoms with E-state index in [-0.39, 0.29) is 0 Å². The van der Waals surface area contributed by atoms with Crippen LogP contribution in [0.4, 0.5) is 8.78 Å². The third kappa shape index (κ3) is 2.08. The fourth-order valence-electron chi connectivity index (χ4n) is 0.994. The van der Waals surface area contributed by atoms with Gasteiger partial charge in [0.15, 0.2) is 6.10 Å². The number of benzene rings is 1. The SMILES string of the molecule is N#Cc1cc(C(O)C(=O)O)c(F)cc1F. The first-order chi connectivity index (χ1) is 6.97. The average molecular weight is 213 g/mol. The Hall–Kier alpha value is -2.00. The molecule has 0 amide bonds. The van der Waals surface area contributed by atoms with Crippen molar-refractivity contribution in [2.75, 3.05) is 0 Å². The lowest BCUT2D eigenvalue weighted by Gasteiger charge is -2.07. The summed E-state index contributed by atoms with van der Waals surface area (Å²) >= 11 is 0. The summed E-state index contributed by atoms with van der Waals surface area (Å²) in [4.78, 5) is 10.3. The van der Waals surface area contributed by atoms with Gasteiger partial charge in [-0.05, 0) is 6.07 Å². The molecule has 0 aromatic heterocycles. The van der Waals surface area contributed by atoms with Gasteiger partial charge in [0.1, 0.15) is 17.7 Å². The molecule has 1 atom stereocenters. The molecular weight excluding hydrogens is 208 g/mol. The van der Waals surface area contributed by atoms with Crippen molar-refractivity contribution < 1.29 is 23.8 Å². The van der Waals surface area contributed by atoms with Gasteiger partial charge in [-0.25, -0.2) is 13.6 Å². The predicted molar refractivity (Wildman–Crippen MR) is 43.7 cm³/mol. The maximum Gasteiger partial charge on any atom is 0.337 e. The van der Waals surface area contributed by atoms with Crippen molar-refractivity contribution in [3.63, 3.8) is 0 Å². The maximum atomic E-state index is 13.0. The molecule has 0 fully saturated rings. The normalized spacial score (nSPS) is 11.9. The summed E-state index contributed by atoms with van der Waals surface area (Å²) in [7, 11) is 0. The van der Waals surface area contributed by atoms with E-state index in [0.717, 1.165) is 0 Å². The number of nitrogens with zero attached hydrogens (tertiary/aromatic N) is 1. The molecule has 2 N–H and O–H groups in total. The fraction of sp³-hybridized carbons (Fsp3) is 0.111. The van der Waals surface area contributed by atoms with E-state index in [2.05, 4.69) is 0 Å². The molecule has 1 aromatic rings. The van der Waals surface area contributed by atoms with E-state index in [1.165, 1.54) is 6.07 Å². The van der Waals surface area contributed by atoms with Crippen LogP contribution in [0.3, 0.4) is 0 Å². The third-order valence-corrected chi connectivity index (χ3v) is 1.74. The molecule has 0 saturated heterocycles. The first-order valence-electron chi connectivity index (χ1n) is 3.77. The predicted octanol–water partition coefficient (Wildman–Crippen LogP) is 0.954. The molecule has 6 heteroatoms. The Bertz CT molecular complexity index is 453. The number of nitriles is 1. The minimum atomic E-state index is -2.11. The number of aliphatic hydroxyl groups excluding tert-OH is 1. The quantitative estimate of drug-likeness (QED) is 0.766. The average Bonchev–Trinajstić information content (AvgIpc) is 2.17. The largest absolute Gasteiger partial charge is 0.479 e. The van der Waals surface area contributed by atoms with Gasteiger partial charge in [0.05, 0.1) is 5.56 Å². The molecule has 1 unspecified atom stereocenters. The minimum Gasteiger partial charge on any atom is -0.479 e. The molecule has 4 nitrogen and oxygen atoms in total. The highest BCUT2D eigenvalue weighted by Crippen LogP contribution is 2.20. The number of carboxylic acid groups (broad SMARTS) is 1. The van der Waals surface area contributed by atoms with Crippen LogP contribution in [-0.2, 0) is 4.79 Å². The van der Waals surface area contributed by atoms with Crippen LogP contribution < -0.4 is 0 Å². The first kappa shape index (κ1) is 11.1.